The van der Waals surface area contributed by atoms with Crippen LogP contribution in [0.1, 0.15) is 0 Å². The minimum Gasteiger partial charge on any atom is -0.481 e. The number of rotatable bonds is 2. The molecule has 0 unspecified atom stereocenters. The number of fused-ring (bicyclic) bond motifs is 1. The molecule has 2 aromatic heterocycles. The van der Waals surface area contributed by atoms with E-state index < -0.39 is 0 Å². The van der Waals surface area contributed by atoms with Crippen LogP contribution < -0.4 is 4.74 Å². The Balaban J connectivity index is 2.28. The summed E-state index contributed by atoms with van der Waals surface area (Å²) in [6.07, 6.45) is 1.68. The average Bonchev–Trinajstić information content (AvgIpc) is 2.48. The number of ether oxygens (including phenoxy) is 1. The van der Waals surface area contributed by atoms with Crippen LogP contribution in [0, 0.1) is 0 Å². The third-order valence-electron chi connectivity index (χ3n) is 2.86. The van der Waals surface area contributed by atoms with Crippen LogP contribution in [0.2, 0.25) is 5.15 Å². The lowest BCUT2D eigenvalue weighted by Crippen LogP contribution is -1.93. The van der Waals surface area contributed by atoms with E-state index in [0.717, 1.165) is 22.0 Å². The van der Waals surface area contributed by atoms with Gasteiger partial charge in [-0.05, 0) is 6.07 Å². The van der Waals surface area contributed by atoms with E-state index in [0.29, 0.717) is 11.0 Å². The number of hydrogen-bond donors (Lipinski definition) is 0. The third-order valence-corrected chi connectivity index (χ3v) is 3.14. The zero-order chi connectivity index (χ0) is 13.2. The highest BCUT2D eigenvalue weighted by Crippen LogP contribution is 2.30. The van der Waals surface area contributed by atoms with Crippen LogP contribution in [-0.4, -0.2) is 22.3 Å². The van der Waals surface area contributed by atoms with Crippen LogP contribution >= 0.6 is 11.6 Å². The summed E-state index contributed by atoms with van der Waals surface area (Å²) < 4.78 is 5.13. The van der Waals surface area contributed by atoms with Crippen molar-refractivity contribution in [1.82, 2.24) is 15.2 Å². The van der Waals surface area contributed by atoms with Gasteiger partial charge in [-0.25, -0.2) is 4.98 Å². The second-order valence-corrected chi connectivity index (χ2v) is 4.33. The molecule has 3 rings (SSSR count). The smallest absolute Gasteiger partial charge is 0.213 e. The van der Waals surface area contributed by atoms with E-state index in [9.17, 15) is 0 Å². The standard InChI is InChI=1S/C14H10ClN3O/c1-19-12-8-9(6-7-16-12)13-10-4-2-3-5-11(10)14(15)18-17-13/h2-8H,1H3. The second kappa shape index (κ2) is 4.82. The zero-order valence-electron chi connectivity index (χ0n) is 10.2. The number of methoxy groups -OCH3 is 1. The van der Waals surface area contributed by atoms with Gasteiger partial charge in [0.15, 0.2) is 5.15 Å². The van der Waals surface area contributed by atoms with Gasteiger partial charge in [0.2, 0.25) is 5.88 Å². The lowest BCUT2D eigenvalue weighted by atomic mass is 10.1. The van der Waals surface area contributed by atoms with Crippen LogP contribution in [0.4, 0.5) is 0 Å². The molecule has 0 amide bonds. The van der Waals surface area contributed by atoms with Gasteiger partial charge in [-0.2, -0.15) is 0 Å². The summed E-state index contributed by atoms with van der Waals surface area (Å²) in [5.74, 6) is 0.540. The largest absolute Gasteiger partial charge is 0.481 e. The summed E-state index contributed by atoms with van der Waals surface area (Å²) in [5, 5.41) is 10.4. The number of halogens is 1. The van der Waals surface area contributed by atoms with Crippen LogP contribution in [0.5, 0.6) is 5.88 Å². The van der Waals surface area contributed by atoms with E-state index in [-0.39, 0.29) is 0 Å². The highest BCUT2D eigenvalue weighted by atomic mass is 35.5. The van der Waals surface area contributed by atoms with Crippen LogP contribution in [-0.2, 0) is 0 Å². The van der Waals surface area contributed by atoms with Crippen molar-refractivity contribution in [1.29, 1.82) is 0 Å². The fourth-order valence-corrected chi connectivity index (χ4v) is 2.16. The first-order valence-electron chi connectivity index (χ1n) is 5.71. The lowest BCUT2D eigenvalue weighted by molar-refractivity contribution is 0.398. The predicted molar refractivity (Wildman–Crippen MR) is 74.3 cm³/mol. The molecule has 5 heteroatoms. The summed E-state index contributed by atoms with van der Waals surface area (Å²) in [7, 11) is 1.58. The Morgan fingerprint density at radius 3 is 2.63 bits per heavy atom. The molecule has 19 heavy (non-hydrogen) atoms. The third kappa shape index (κ3) is 2.11. The molecule has 1 aromatic carbocycles. The maximum absolute atomic E-state index is 6.06. The second-order valence-electron chi connectivity index (χ2n) is 3.97. The Hall–Kier alpha value is -2.20. The fourth-order valence-electron chi connectivity index (χ4n) is 1.95. The van der Waals surface area contributed by atoms with Gasteiger partial charge in [-0.15, -0.1) is 10.2 Å². The summed E-state index contributed by atoms with van der Waals surface area (Å²) in [6, 6.07) is 11.5. The highest BCUT2D eigenvalue weighted by molar-refractivity contribution is 6.34. The maximum atomic E-state index is 6.06. The van der Waals surface area contributed by atoms with Gasteiger partial charge >= 0.3 is 0 Å². The maximum Gasteiger partial charge on any atom is 0.213 e. The van der Waals surface area contributed by atoms with E-state index in [4.69, 9.17) is 16.3 Å². The fraction of sp³-hybridized carbons (Fsp3) is 0.0714. The number of benzene rings is 1. The molecule has 0 N–H and O–H groups in total. The summed E-state index contributed by atoms with van der Waals surface area (Å²) in [6.45, 7) is 0. The van der Waals surface area contributed by atoms with Crippen LogP contribution in [0.3, 0.4) is 0 Å². The topological polar surface area (TPSA) is 47.9 Å². The van der Waals surface area contributed by atoms with E-state index >= 15 is 0 Å². The molecule has 0 radical (unpaired) electrons. The first kappa shape index (κ1) is 11.9. The normalized spacial score (nSPS) is 10.6. The lowest BCUT2D eigenvalue weighted by Gasteiger charge is -2.07. The monoisotopic (exact) mass is 271 g/mol. The Bertz CT molecular complexity index is 746. The van der Waals surface area contributed by atoms with Gasteiger partial charge in [0, 0.05) is 28.6 Å². The summed E-state index contributed by atoms with van der Waals surface area (Å²) in [4.78, 5) is 4.08. The SMILES string of the molecule is COc1cc(-c2nnc(Cl)c3ccccc23)ccn1. The Morgan fingerprint density at radius 1 is 1.05 bits per heavy atom. The van der Waals surface area contributed by atoms with Crippen molar-refractivity contribution in [2.45, 2.75) is 0 Å². The van der Waals surface area contributed by atoms with E-state index in [1.54, 1.807) is 13.3 Å². The van der Waals surface area contributed by atoms with Crippen molar-refractivity contribution >= 4 is 22.4 Å². The molecule has 2 heterocycles. The van der Waals surface area contributed by atoms with Gasteiger partial charge in [-0.3, -0.25) is 0 Å². The van der Waals surface area contributed by atoms with Gasteiger partial charge in [0.05, 0.1) is 7.11 Å². The Morgan fingerprint density at radius 2 is 1.84 bits per heavy atom. The van der Waals surface area contributed by atoms with Crippen molar-refractivity contribution in [3.8, 4) is 17.1 Å². The predicted octanol–water partition coefficient (Wildman–Crippen LogP) is 3.35. The molecule has 0 fully saturated rings. The molecule has 0 atom stereocenters. The first-order chi connectivity index (χ1) is 9.29. The van der Waals surface area contributed by atoms with Gasteiger partial charge in [-0.1, -0.05) is 35.9 Å². The van der Waals surface area contributed by atoms with Crippen molar-refractivity contribution in [3.63, 3.8) is 0 Å². The average molecular weight is 272 g/mol. The molecule has 4 nitrogen and oxygen atoms in total. The Kier molecular flexibility index (Phi) is 3.01. The molecule has 0 aliphatic rings. The number of pyridine rings is 1. The van der Waals surface area contributed by atoms with Crippen molar-refractivity contribution in [3.05, 3.63) is 47.7 Å². The van der Waals surface area contributed by atoms with Crippen molar-refractivity contribution in [2.24, 2.45) is 0 Å². The number of nitrogens with zero attached hydrogens (tertiary/aromatic N) is 3. The quantitative estimate of drug-likeness (QED) is 0.717. The van der Waals surface area contributed by atoms with Crippen LogP contribution in [0.15, 0.2) is 42.6 Å². The molecular formula is C14H10ClN3O. The number of aromatic nitrogens is 3. The van der Waals surface area contributed by atoms with Crippen molar-refractivity contribution in [2.75, 3.05) is 7.11 Å². The minimum absolute atomic E-state index is 0.403. The van der Waals surface area contributed by atoms with Gasteiger partial charge in [0.1, 0.15) is 5.69 Å². The molecular weight excluding hydrogens is 262 g/mol. The Labute approximate surface area is 115 Å². The molecule has 0 bridgehead atoms. The highest BCUT2D eigenvalue weighted by Gasteiger charge is 2.10. The zero-order valence-corrected chi connectivity index (χ0v) is 10.9. The molecule has 0 aliphatic heterocycles. The molecule has 0 saturated heterocycles. The summed E-state index contributed by atoms with van der Waals surface area (Å²) >= 11 is 6.06. The molecule has 3 aromatic rings. The first-order valence-corrected chi connectivity index (χ1v) is 6.09. The molecule has 0 saturated carbocycles. The molecule has 94 valence electrons. The van der Waals surface area contributed by atoms with Gasteiger partial charge < -0.3 is 4.74 Å². The number of hydrogen-bond acceptors (Lipinski definition) is 4. The minimum atomic E-state index is 0.403. The van der Waals surface area contributed by atoms with Gasteiger partial charge in [0.25, 0.3) is 0 Å². The van der Waals surface area contributed by atoms with E-state index in [1.165, 1.54) is 0 Å². The van der Waals surface area contributed by atoms with Crippen LogP contribution in [0.25, 0.3) is 22.0 Å². The molecule has 0 spiro atoms. The molecule has 0 aliphatic carbocycles. The van der Waals surface area contributed by atoms with E-state index in [2.05, 4.69) is 15.2 Å². The van der Waals surface area contributed by atoms with Crippen molar-refractivity contribution < 1.29 is 4.74 Å². The van der Waals surface area contributed by atoms with E-state index in [1.807, 2.05) is 36.4 Å². The summed E-state index contributed by atoms with van der Waals surface area (Å²) in [5.41, 5.74) is 1.66.